The number of H-pyrrole nitrogens is 1. The first kappa shape index (κ1) is 32.3. The fraction of sp³-hybridized carbons (Fsp3) is 0.520. The number of ether oxygens (including phenoxy) is 1. The van der Waals surface area contributed by atoms with Gasteiger partial charge in [-0.15, -0.1) is 0 Å². The fourth-order valence-electron chi connectivity index (χ4n) is 4.13. The van der Waals surface area contributed by atoms with Gasteiger partial charge in [0.2, 0.25) is 5.95 Å². The number of carbonyl (C=O) groups excluding carboxylic acids is 1. The molecule has 3 heterocycles. The molecule has 3 aromatic rings. The van der Waals surface area contributed by atoms with E-state index >= 15 is 0 Å². The van der Waals surface area contributed by atoms with Crippen molar-refractivity contribution >= 4 is 41.7 Å². The van der Waals surface area contributed by atoms with Gasteiger partial charge in [-0.3, -0.25) is 28.2 Å². The number of aliphatic hydroxyl groups excluding tert-OH is 2. The largest absolute Gasteiger partial charge is 0.405 e. The molecule has 1 aliphatic heterocycles. The van der Waals surface area contributed by atoms with Gasteiger partial charge in [0.05, 0.1) is 31.6 Å². The van der Waals surface area contributed by atoms with Crippen molar-refractivity contribution < 1.29 is 38.5 Å². The molecule has 2 aromatic heterocycles. The highest BCUT2D eigenvalue weighted by Crippen LogP contribution is 2.46. The summed E-state index contributed by atoms with van der Waals surface area (Å²) in [6.45, 7) is 3.78. The number of hydrogen-bond acceptors (Lipinski definition) is 13. The van der Waals surface area contributed by atoms with Gasteiger partial charge in [0.1, 0.15) is 17.8 Å². The molecule has 4 rings (SSSR count). The maximum Gasteiger partial charge on any atom is 0.405 e. The van der Waals surface area contributed by atoms with Gasteiger partial charge < -0.3 is 25.8 Å². The van der Waals surface area contributed by atoms with E-state index in [0.29, 0.717) is 0 Å². The summed E-state index contributed by atoms with van der Waals surface area (Å²) >= 11 is 0.934. The van der Waals surface area contributed by atoms with E-state index in [1.165, 1.54) is 17.8 Å². The maximum absolute atomic E-state index is 13.7. The number of fused-ring (bicyclic) bond motifs is 1. The highest BCUT2D eigenvalue weighted by atomic mass is 32.2. The Kier molecular flexibility index (Phi) is 9.92. The number of carbonyl (C=O) groups is 1. The number of rotatable bonds is 13. The zero-order valence-electron chi connectivity index (χ0n) is 23.3. The average molecular weight is 627 g/mol. The molecule has 3 unspecified atom stereocenters. The number of benzene rings is 1. The van der Waals surface area contributed by atoms with Crippen LogP contribution in [0.4, 0.5) is 5.95 Å². The van der Waals surface area contributed by atoms with Gasteiger partial charge in [0.25, 0.3) is 5.56 Å². The number of nitrogens with two attached hydrogens (primary N) is 1. The molecule has 42 heavy (non-hydrogen) atoms. The first-order valence-electron chi connectivity index (χ1n) is 13.0. The molecule has 230 valence electrons. The molecular weight excluding hydrogens is 591 g/mol. The predicted molar refractivity (Wildman–Crippen MR) is 154 cm³/mol. The average Bonchev–Trinajstić information content (AvgIpc) is 3.47. The van der Waals surface area contributed by atoms with Crippen molar-refractivity contribution in [3.8, 4) is 0 Å². The highest BCUT2D eigenvalue weighted by molar-refractivity contribution is 8.13. The van der Waals surface area contributed by atoms with Crippen LogP contribution in [0.15, 0.2) is 41.5 Å². The number of nitrogen functional groups attached to an aromatic ring is 1. The first-order chi connectivity index (χ1) is 19.8. The van der Waals surface area contributed by atoms with Gasteiger partial charge in [0, 0.05) is 12.3 Å². The van der Waals surface area contributed by atoms with Crippen molar-refractivity contribution in [2.45, 2.75) is 51.4 Å². The summed E-state index contributed by atoms with van der Waals surface area (Å²) in [7, 11) is -4.04. The van der Waals surface area contributed by atoms with Crippen molar-refractivity contribution in [3.05, 3.63) is 52.6 Å². The van der Waals surface area contributed by atoms with Crippen LogP contribution in [0.2, 0.25) is 0 Å². The Balaban J connectivity index is 1.46. The topological polar surface area (TPSA) is 224 Å². The third kappa shape index (κ3) is 7.10. The van der Waals surface area contributed by atoms with Crippen molar-refractivity contribution in [3.63, 3.8) is 0 Å². The normalized spacial score (nSPS) is 24.2. The lowest BCUT2D eigenvalue weighted by Gasteiger charge is -2.27. The molecule has 15 nitrogen and oxygen atoms in total. The predicted octanol–water partition coefficient (Wildman–Crippen LogP) is 0.921. The van der Waals surface area contributed by atoms with Crippen LogP contribution in [0, 0.1) is 5.41 Å². The molecule has 0 radical (unpaired) electrons. The zero-order valence-corrected chi connectivity index (χ0v) is 25.0. The minimum Gasteiger partial charge on any atom is -0.395 e. The zero-order chi connectivity index (χ0) is 30.7. The SMILES string of the molecule is CC(C)(CO)C(=O)SCCOP(=O)(NCc1ccccc1)OC[C@H]1OC(n2cnc3c(=O)[nH]c(N)nc32)C(C)(O)[C@H]1O. The summed E-state index contributed by atoms with van der Waals surface area (Å²) in [5.74, 6) is -0.0278. The summed E-state index contributed by atoms with van der Waals surface area (Å²) < 4.78 is 32.1. The lowest BCUT2D eigenvalue weighted by Crippen LogP contribution is -2.44. The Morgan fingerprint density at radius 2 is 2.05 bits per heavy atom. The van der Waals surface area contributed by atoms with Crippen LogP contribution >= 0.6 is 19.5 Å². The summed E-state index contributed by atoms with van der Waals surface area (Å²) in [4.78, 5) is 34.9. The van der Waals surface area contributed by atoms with Crippen molar-refractivity contribution in [2.75, 3.05) is 31.3 Å². The quantitative estimate of drug-likeness (QED) is 0.115. The first-order valence-corrected chi connectivity index (χ1v) is 15.5. The van der Waals surface area contributed by atoms with E-state index in [0.717, 1.165) is 17.3 Å². The molecule has 1 aliphatic rings. The summed E-state index contributed by atoms with van der Waals surface area (Å²) in [6.07, 6.45) is -2.72. The van der Waals surface area contributed by atoms with Crippen LogP contribution in [-0.4, -0.2) is 83.3 Å². The Labute approximate surface area is 245 Å². The smallest absolute Gasteiger partial charge is 0.395 e. The Morgan fingerprint density at radius 1 is 1.33 bits per heavy atom. The number of nitrogens with one attached hydrogen (secondary N) is 2. The van der Waals surface area contributed by atoms with Crippen molar-refractivity contribution in [1.82, 2.24) is 24.6 Å². The highest BCUT2D eigenvalue weighted by Gasteiger charge is 2.54. The van der Waals surface area contributed by atoms with Gasteiger partial charge in [-0.05, 0) is 26.3 Å². The number of hydrogen-bond donors (Lipinski definition) is 6. The molecule has 0 bridgehead atoms. The van der Waals surface area contributed by atoms with Crippen LogP contribution in [0.25, 0.3) is 11.2 Å². The van der Waals surface area contributed by atoms with Crippen molar-refractivity contribution in [2.24, 2.45) is 5.41 Å². The monoisotopic (exact) mass is 626 g/mol. The van der Waals surface area contributed by atoms with E-state index < -0.39 is 49.4 Å². The lowest BCUT2D eigenvalue weighted by atomic mass is 9.96. The number of aromatic amines is 1. The van der Waals surface area contributed by atoms with Crippen molar-refractivity contribution in [1.29, 1.82) is 0 Å². The number of thioether (sulfide) groups is 1. The second-order valence-corrected chi connectivity index (χ2v) is 13.5. The third-order valence-corrected chi connectivity index (χ3v) is 9.45. The second kappa shape index (κ2) is 12.9. The minimum atomic E-state index is -4.04. The molecule has 1 aromatic carbocycles. The van der Waals surface area contributed by atoms with Crippen LogP contribution < -0.4 is 16.4 Å². The number of anilines is 1. The number of imidazole rings is 1. The lowest BCUT2D eigenvalue weighted by molar-refractivity contribution is -0.119. The minimum absolute atomic E-state index is 0.0326. The molecule has 17 heteroatoms. The molecule has 0 aliphatic carbocycles. The van der Waals surface area contributed by atoms with Crippen LogP contribution in [0.1, 0.15) is 32.6 Å². The number of nitrogens with zero attached hydrogens (tertiary/aromatic N) is 3. The summed E-state index contributed by atoms with van der Waals surface area (Å²) in [6, 6.07) is 9.10. The molecule has 1 fully saturated rings. The third-order valence-electron chi connectivity index (χ3n) is 6.71. The second-order valence-electron chi connectivity index (χ2n) is 10.6. The van der Waals surface area contributed by atoms with Gasteiger partial charge in [-0.1, -0.05) is 42.1 Å². The Hall–Kier alpha value is -2.66. The molecule has 1 saturated heterocycles. The van der Waals surface area contributed by atoms with Crippen LogP contribution in [0.3, 0.4) is 0 Å². The van der Waals surface area contributed by atoms with E-state index in [-0.39, 0.29) is 47.7 Å². The van der Waals surface area contributed by atoms with E-state index in [1.54, 1.807) is 13.8 Å². The van der Waals surface area contributed by atoms with E-state index in [1.807, 2.05) is 30.3 Å². The molecule has 0 saturated carbocycles. The number of aliphatic hydroxyl groups is 3. The van der Waals surface area contributed by atoms with Gasteiger partial charge in [0.15, 0.2) is 22.5 Å². The van der Waals surface area contributed by atoms with Crippen LogP contribution in [-0.2, 0) is 29.7 Å². The summed E-state index contributed by atoms with van der Waals surface area (Å²) in [5, 5.41) is 34.0. The molecule has 0 amide bonds. The Morgan fingerprint density at radius 3 is 2.74 bits per heavy atom. The molecule has 5 atom stereocenters. The Bertz CT molecular complexity index is 1500. The maximum atomic E-state index is 13.7. The summed E-state index contributed by atoms with van der Waals surface area (Å²) in [5.41, 5.74) is 3.04. The molecular formula is C25H35N6O9PS. The van der Waals surface area contributed by atoms with Gasteiger partial charge in [-0.25, -0.2) is 14.6 Å². The van der Waals surface area contributed by atoms with E-state index in [2.05, 4.69) is 20.0 Å². The molecule has 7 N–H and O–H groups in total. The standard InChI is InChI=1S/C25H35N6O9PS/c1-24(2,13-32)22(35)42-10-9-38-41(37,28-11-15-7-5-4-6-8-15)39-12-16-18(33)25(3,36)21(40-16)31-14-27-17-19(31)29-23(26)30-20(17)34/h4-8,14,16,18,21,32-33,36H,9-13H2,1-3H3,(H,28,37)(H3,26,29,30,34)/t16-,18+,21?,25?,41?/m1/s1. The van der Waals surface area contributed by atoms with Crippen LogP contribution in [0.5, 0.6) is 0 Å². The van der Waals surface area contributed by atoms with Gasteiger partial charge in [-0.2, -0.15) is 4.98 Å². The fourth-order valence-corrected chi connectivity index (χ4v) is 6.37. The number of aromatic nitrogens is 4. The molecule has 0 spiro atoms. The van der Waals surface area contributed by atoms with Gasteiger partial charge >= 0.3 is 7.75 Å². The van der Waals surface area contributed by atoms with E-state index in [4.69, 9.17) is 19.5 Å². The van der Waals surface area contributed by atoms with E-state index in [9.17, 15) is 29.5 Å².